The van der Waals surface area contributed by atoms with Crippen molar-refractivity contribution in [3.05, 3.63) is 33.7 Å². The van der Waals surface area contributed by atoms with Crippen molar-refractivity contribution in [2.45, 2.75) is 0 Å². The van der Waals surface area contributed by atoms with E-state index in [0.717, 1.165) is 21.3 Å². The minimum atomic E-state index is -0.197. The van der Waals surface area contributed by atoms with Gasteiger partial charge in [-0.1, -0.05) is 11.3 Å². The van der Waals surface area contributed by atoms with Crippen molar-refractivity contribution in [1.82, 2.24) is 20.2 Å². The van der Waals surface area contributed by atoms with Crippen LogP contribution >= 0.6 is 22.7 Å². The zero-order valence-electron chi connectivity index (χ0n) is 11.0. The van der Waals surface area contributed by atoms with Crippen molar-refractivity contribution in [2.75, 3.05) is 13.7 Å². The lowest BCUT2D eigenvalue weighted by molar-refractivity contribution is 0.165. The van der Waals surface area contributed by atoms with E-state index in [-0.39, 0.29) is 6.03 Å². The van der Waals surface area contributed by atoms with Crippen LogP contribution in [-0.4, -0.2) is 34.6 Å². The number of aromatic nitrogens is 1. The van der Waals surface area contributed by atoms with E-state index in [1.54, 1.807) is 23.3 Å². The number of rotatable bonds is 2. The van der Waals surface area contributed by atoms with Crippen LogP contribution in [0, 0.1) is 0 Å². The normalized spacial score (nSPS) is 17.5. The molecule has 21 heavy (non-hydrogen) atoms. The summed E-state index contributed by atoms with van der Waals surface area (Å²) in [6.45, 7) is 0.390. The van der Waals surface area contributed by atoms with Gasteiger partial charge in [-0.2, -0.15) is 5.01 Å². The molecule has 2 aliphatic heterocycles. The highest BCUT2D eigenvalue weighted by molar-refractivity contribution is 7.14. The molecule has 2 aliphatic rings. The van der Waals surface area contributed by atoms with Crippen molar-refractivity contribution in [1.29, 1.82) is 0 Å². The average molecular weight is 318 g/mol. The SMILES string of the molecule is CN1N=NC2=C(c3nc(-c4cccs4)cs3)NCN2C1=O. The Kier molecular flexibility index (Phi) is 2.76. The minimum absolute atomic E-state index is 0.197. The minimum Gasteiger partial charge on any atom is -0.362 e. The van der Waals surface area contributed by atoms with Gasteiger partial charge in [0.15, 0.2) is 5.82 Å². The van der Waals surface area contributed by atoms with Crippen LogP contribution < -0.4 is 5.32 Å². The zero-order valence-corrected chi connectivity index (χ0v) is 12.6. The number of thiophene rings is 1. The highest BCUT2D eigenvalue weighted by atomic mass is 32.1. The first kappa shape index (κ1) is 12.5. The quantitative estimate of drug-likeness (QED) is 0.925. The summed E-state index contributed by atoms with van der Waals surface area (Å²) in [5, 5.41) is 17.2. The highest BCUT2D eigenvalue weighted by Crippen LogP contribution is 2.33. The van der Waals surface area contributed by atoms with E-state index >= 15 is 0 Å². The van der Waals surface area contributed by atoms with Crippen LogP contribution in [0.3, 0.4) is 0 Å². The Morgan fingerprint density at radius 2 is 2.29 bits per heavy atom. The second-order valence-corrected chi connectivity index (χ2v) is 6.28. The number of carbonyl (C=O) groups is 1. The number of hydrogen-bond donors (Lipinski definition) is 1. The van der Waals surface area contributed by atoms with E-state index < -0.39 is 0 Å². The number of amides is 2. The van der Waals surface area contributed by atoms with E-state index in [1.165, 1.54) is 16.3 Å². The van der Waals surface area contributed by atoms with Crippen molar-refractivity contribution >= 4 is 34.4 Å². The smallest absolute Gasteiger partial charge is 0.348 e. The molecule has 0 radical (unpaired) electrons. The molecule has 7 nitrogen and oxygen atoms in total. The van der Waals surface area contributed by atoms with E-state index in [9.17, 15) is 4.79 Å². The Morgan fingerprint density at radius 3 is 3.10 bits per heavy atom. The molecule has 0 unspecified atom stereocenters. The van der Waals surface area contributed by atoms with Gasteiger partial charge in [-0.3, -0.25) is 4.90 Å². The van der Waals surface area contributed by atoms with Crippen LogP contribution in [0.1, 0.15) is 5.01 Å². The molecule has 2 aromatic rings. The first-order valence-electron chi connectivity index (χ1n) is 6.19. The summed E-state index contributed by atoms with van der Waals surface area (Å²) in [7, 11) is 1.58. The molecule has 0 aromatic carbocycles. The van der Waals surface area contributed by atoms with Gasteiger partial charge in [-0.15, -0.1) is 27.8 Å². The fourth-order valence-corrected chi connectivity index (χ4v) is 3.72. The first-order chi connectivity index (χ1) is 10.2. The molecular weight excluding hydrogens is 308 g/mol. The number of thiazole rings is 1. The molecule has 0 spiro atoms. The Balaban J connectivity index is 1.74. The maximum absolute atomic E-state index is 12.0. The third-order valence-electron chi connectivity index (χ3n) is 3.17. The first-order valence-corrected chi connectivity index (χ1v) is 7.95. The lowest BCUT2D eigenvalue weighted by Crippen LogP contribution is -2.40. The Hall–Kier alpha value is -2.26. The topological polar surface area (TPSA) is 73.2 Å². The third kappa shape index (κ3) is 1.93. The van der Waals surface area contributed by atoms with Gasteiger partial charge in [0.2, 0.25) is 0 Å². The van der Waals surface area contributed by atoms with Crippen molar-refractivity contribution in [3.8, 4) is 10.6 Å². The van der Waals surface area contributed by atoms with Crippen LogP contribution in [-0.2, 0) is 0 Å². The van der Waals surface area contributed by atoms with E-state index in [4.69, 9.17) is 0 Å². The Morgan fingerprint density at radius 1 is 1.38 bits per heavy atom. The molecule has 2 aromatic heterocycles. The lowest BCUT2D eigenvalue weighted by atomic mass is 10.4. The molecule has 1 N–H and O–H groups in total. The molecule has 106 valence electrons. The van der Waals surface area contributed by atoms with Crippen molar-refractivity contribution in [3.63, 3.8) is 0 Å². The van der Waals surface area contributed by atoms with Crippen LogP contribution in [0.2, 0.25) is 0 Å². The summed E-state index contributed by atoms with van der Waals surface area (Å²) in [5.41, 5.74) is 1.70. The molecular formula is C12H10N6OS2. The molecule has 0 saturated carbocycles. The average Bonchev–Trinajstić information content (AvgIpc) is 3.20. The fourth-order valence-electron chi connectivity index (χ4n) is 2.13. The van der Waals surface area contributed by atoms with Gasteiger partial charge in [-0.05, 0) is 11.4 Å². The number of nitrogens with one attached hydrogen (secondary N) is 1. The number of hydrogen-bond acceptors (Lipinski definition) is 7. The summed E-state index contributed by atoms with van der Waals surface area (Å²) in [6.07, 6.45) is 0. The summed E-state index contributed by atoms with van der Waals surface area (Å²) < 4.78 is 0. The number of carbonyl (C=O) groups excluding carboxylic acids is 1. The Labute approximate surface area is 128 Å². The molecule has 2 amide bonds. The molecule has 0 atom stereocenters. The van der Waals surface area contributed by atoms with Gasteiger partial charge in [0.05, 0.1) is 17.2 Å². The van der Waals surface area contributed by atoms with Gasteiger partial charge < -0.3 is 5.32 Å². The molecule has 0 saturated heterocycles. The zero-order chi connectivity index (χ0) is 14.4. The maximum Gasteiger partial charge on any atom is 0.348 e. The molecule has 0 bridgehead atoms. The van der Waals surface area contributed by atoms with Crippen molar-refractivity contribution < 1.29 is 4.79 Å². The number of nitrogens with zero attached hydrogens (tertiary/aromatic N) is 5. The van der Waals surface area contributed by atoms with E-state index in [0.29, 0.717) is 12.5 Å². The monoisotopic (exact) mass is 318 g/mol. The second-order valence-electron chi connectivity index (χ2n) is 4.47. The van der Waals surface area contributed by atoms with Crippen molar-refractivity contribution in [2.24, 2.45) is 10.3 Å². The van der Waals surface area contributed by atoms with E-state index in [1.807, 2.05) is 22.9 Å². The summed E-state index contributed by atoms with van der Waals surface area (Å²) >= 11 is 3.17. The second kappa shape index (κ2) is 4.64. The molecule has 9 heteroatoms. The highest BCUT2D eigenvalue weighted by Gasteiger charge is 2.34. The van der Waals surface area contributed by atoms with Gasteiger partial charge in [0.1, 0.15) is 10.7 Å². The largest absolute Gasteiger partial charge is 0.362 e. The van der Waals surface area contributed by atoms with Gasteiger partial charge in [-0.25, -0.2) is 9.78 Å². The number of urea groups is 1. The van der Waals surface area contributed by atoms with Gasteiger partial charge in [0, 0.05) is 12.4 Å². The standard InChI is InChI=1S/C12H10N6OS2/c1-17-12(19)18-6-13-9(10(18)15-16-17)11-14-7(5-21-11)8-3-2-4-20-8/h2-5,13H,6H2,1H3. The molecule has 4 rings (SSSR count). The van der Waals surface area contributed by atoms with Gasteiger partial charge in [0.25, 0.3) is 0 Å². The fraction of sp³-hybridized carbons (Fsp3) is 0.167. The van der Waals surface area contributed by atoms with Gasteiger partial charge >= 0.3 is 6.03 Å². The lowest BCUT2D eigenvalue weighted by Gasteiger charge is -2.23. The van der Waals surface area contributed by atoms with Crippen LogP contribution in [0.4, 0.5) is 4.79 Å². The van der Waals surface area contributed by atoms with Crippen LogP contribution in [0.25, 0.3) is 16.3 Å². The third-order valence-corrected chi connectivity index (χ3v) is 4.92. The predicted octanol–water partition coefficient (Wildman–Crippen LogP) is 2.79. The summed E-state index contributed by atoms with van der Waals surface area (Å²) in [4.78, 5) is 19.3. The Bertz CT molecular complexity index is 763. The maximum atomic E-state index is 12.0. The molecule has 0 aliphatic carbocycles. The number of fused-ring (bicyclic) bond motifs is 1. The summed E-state index contributed by atoms with van der Waals surface area (Å²) in [6, 6.07) is 3.84. The van der Waals surface area contributed by atoms with Crippen LogP contribution in [0.15, 0.2) is 39.1 Å². The summed E-state index contributed by atoms with van der Waals surface area (Å²) in [5.74, 6) is 0.533. The predicted molar refractivity (Wildman–Crippen MR) is 80.2 cm³/mol. The molecule has 4 heterocycles. The molecule has 0 fully saturated rings. The van der Waals surface area contributed by atoms with E-state index in [2.05, 4.69) is 20.6 Å². The van der Waals surface area contributed by atoms with Crippen LogP contribution in [0.5, 0.6) is 0 Å².